The van der Waals surface area contributed by atoms with Crippen molar-refractivity contribution in [2.75, 3.05) is 0 Å². The van der Waals surface area contributed by atoms with Gasteiger partial charge in [0.25, 0.3) is 0 Å². The van der Waals surface area contributed by atoms with Gasteiger partial charge in [0, 0.05) is 39.4 Å². The molecule has 0 radical (unpaired) electrons. The maximum absolute atomic E-state index is 2.10. The van der Waals surface area contributed by atoms with Crippen LogP contribution < -0.4 is 0 Å². The highest BCUT2D eigenvalue weighted by molar-refractivity contribution is 6.00. The van der Waals surface area contributed by atoms with E-state index in [4.69, 9.17) is 0 Å². The summed E-state index contributed by atoms with van der Waals surface area (Å²) in [6.07, 6.45) is 0. The Bertz CT molecular complexity index is 925. The van der Waals surface area contributed by atoms with Gasteiger partial charge >= 0.3 is 0 Å². The summed E-state index contributed by atoms with van der Waals surface area (Å²) < 4.78 is 0. The Kier molecular flexibility index (Phi) is 0.279. The molecule has 10 atom stereocenters. The first-order valence-electron chi connectivity index (χ1n) is 8.21. The van der Waals surface area contributed by atoms with Crippen LogP contribution in [0, 0.1) is 69.0 Å². The van der Waals surface area contributed by atoms with E-state index in [1.165, 1.54) is 29.6 Å². The largest absolute Gasteiger partial charge is 0.0579 e. The van der Waals surface area contributed by atoms with E-state index in [-0.39, 0.29) is 0 Å². The van der Waals surface area contributed by atoms with Crippen molar-refractivity contribution in [2.24, 2.45) is 69.0 Å². The Morgan fingerprint density at radius 2 is 1.17 bits per heavy atom. The fourth-order valence-electron chi connectivity index (χ4n) is 11.8. The van der Waals surface area contributed by atoms with Crippen molar-refractivity contribution in [2.45, 2.75) is 0 Å². The number of allylic oxidation sites excluding steroid dienone is 6. The minimum absolute atomic E-state index is 0.917. The van der Waals surface area contributed by atoms with Crippen LogP contribution in [0.3, 0.4) is 0 Å². The average Bonchev–Trinajstić information content (AvgIpc) is 3.04. The Hall–Kier alpha value is -0.780. The summed E-state index contributed by atoms with van der Waals surface area (Å²) in [5.41, 5.74) is 16.1. The van der Waals surface area contributed by atoms with Gasteiger partial charge in [-0.1, -0.05) is 33.4 Å². The van der Waals surface area contributed by atoms with Crippen molar-refractivity contribution in [1.82, 2.24) is 0 Å². The Balaban J connectivity index is 1.29. The Morgan fingerprint density at radius 3 is 1.56 bits per heavy atom. The van der Waals surface area contributed by atoms with Crippen LogP contribution in [0.5, 0.6) is 0 Å². The molecule has 0 spiro atoms. The van der Waals surface area contributed by atoms with Crippen LogP contribution in [-0.4, -0.2) is 0 Å². The third-order valence-electron chi connectivity index (χ3n) is 11.3. The zero-order valence-corrected chi connectivity index (χ0v) is 9.62. The maximum Gasteiger partial charge on any atom is 0.0176 e. The van der Waals surface area contributed by atoms with Crippen LogP contribution >= 0.6 is 0 Å². The van der Waals surface area contributed by atoms with Crippen molar-refractivity contribution in [1.29, 1.82) is 0 Å². The van der Waals surface area contributed by atoms with E-state index in [0.29, 0.717) is 0 Å². The van der Waals surface area contributed by atoms with Crippen molar-refractivity contribution in [3.63, 3.8) is 0 Å². The number of hydrogen-bond donors (Lipinski definition) is 0. The zero-order valence-electron chi connectivity index (χ0n) is 9.62. The third kappa shape index (κ3) is 0.161. The van der Waals surface area contributed by atoms with Gasteiger partial charge in [0.2, 0.25) is 0 Å². The van der Waals surface area contributed by atoms with Crippen molar-refractivity contribution < 1.29 is 0 Å². The maximum atomic E-state index is 2.10. The molecule has 9 fully saturated rings. The Morgan fingerprint density at radius 1 is 0.611 bits per heavy atom. The predicted octanol–water partition coefficient (Wildman–Crippen LogP) is 1.91. The molecule has 0 nitrogen and oxygen atoms in total. The Labute approximate surface area is 103 Å². The topological polar surface area (TPSA) is 0 Å². The van der Waals surface area contributed by atoms with Gasteiger partial charge in [0.05, 0.1) is 0 Å². The standard InChI is InChI=1S/C18H8/c1-2-6(1)15(8(1)9(2)15)17-12-5-13(12)18(17,14(5)17)16-7-3-4(7)11(16)10(3)16/h1,3,5,8-11,14H. The van der Waals surface area contributed by atoms with Gasteiger partial charge in [-0.15, -0.1) is 0 Å². The summed E-state index contributed by atoms with van der Waals surface area (Å²) in [5, 5.41) is 0. The molecule has 0 amide bonds. The average molecular weight is 224 g/mol. The summed E-state index contributed by atoms with van der Waals surface area (Å²) in [4.78, 5) is 0. The molecular weight excluding hydrogens is 216 g/mol. The lowest BCUT2D eigenvalue weighted by Crippen LogP contribution is -2.42. The molecule has 0 aromatic rings. The molecule has 0 heterocycles. The molecule has 0 aliphatic heterocycles. The van der Waals surface area contributed by atoms with Crippen molar-refractivity contribution >= 4 is 0 Å². The summed E-state index contributed by atoms with van der Waals surface area (Å²) in [5.74, 6) is 9.60. The van der Waals surface area contributed by atoms with Gasteiger partial charge in [-0.2, -0.15) is 0 Å². The van der Waals surface area contributed by atoms with E-state index in [2.05, 4.69) is 22.3 Å². The molecule has 9 saturated carbocycles. The fourth-order valence-corrected chi connectivity index (χ4v) is 11.8. The van der Waals surface area contributed by atoms with Crippen LogP contribution in [0.15, 0.2) is 33.4 Å². The van der Waals surface area contributed by atoms with Gasteiger partial charge in [-0.05, 0) is 29.6 Å². The predicted molar refractivity (Wildman–Crippen MR) is 58.7 cm³/mol. The molecule has 0 aromatic carbocycles. The third-order valence-corrected chi connectivity index (χ3v) is 11.3. The lowest BCUT2D eigenvalue weighted by Gasteiger charge is -2.46. The molecule has 0 bridgehead atoms. The van der Waals surface area contributed by atoms with E-state index in [0.717, 1.165) is 39.4 Å². The summed E-state index contributed by atoms with van der Waals surface area (Å²) >= 11 is 0. The molecule has 0 aromatic heterocycles. The summed E-state index contributed by atoms with van der Waals surface area (Å²) in [6.45, 7) is 0. The van der Waals surface area contributed by atoms with Gasteiger partial charge in [0.1, 0.15) is 0 Å². The van der Waals surface area contributed by atoms with E-state index < -0.39 is 0 Å². The summed E-state index contributed by atoms with van der Waals surface area (Å²) in [7, 11) is 0. The molecule has 0 N–H and O–H groups in total. The lowest BCUT2D eigenvalue weighted by atomic mass is 9.56. The normalized spacial score (nSPS) is 103. The summed E-state index contributed by atoms with van der Waals surface area (Å²) in [6, 6.07) is 0. The fraction of sp³-hybridized carbons (Fsp3) is 0.667. The quantitative estimate of drug-likeness (QED) is 0.629. The van der Waals surface area contributed by atoms with Crippen LogP contribution in [0.1, 0.15) is 0 Å². The smallest absolute Gasteiger partial charge is 0.0176 e. The first kappa shape index (κ1) is 5.69. The monoisotopic (exact) mass is 224 g/mol. The molecule has 80 valence electrons. The second kappa shape index (κ2) is 0.883. The van der Waals surface area contributed by atoms with E-state index in [1.807, 2.05) is 11.1 Å². The minimum atomic E-state index is 0.917. The second-order valence-electron chi connectivity index (χ2n) is 9.84. The van der Waals surface area contributed by atoms with Crippen LogP contribution in [-0.2, 0) is 0 Å². The van der Waals surface area contributed by atoms with Crippen LogP contribution in [0.25, 0.3) is 0 Å². The van der Waals surface area contributed by atoms with E-state index >= 15 is 0 Å². The lowest BCUT2D eigenvalue weighted by molar-refractivity contribution is 0.157. The van der Waals surface area contributed by atoms with E-state index in [1.54, 1.807) is 0 Å². The molecule has 15 aliphatic rings. The van der Waals surface area contributed by atoms with Gasteiger partial charge in [0.15, 0.2) is 0 Å². The van der Waals surface area contributed by atoms with Crippen LogP contribution in [0.4, 0.5) is 0 Å². The van der Waals surface area contributed by atoms with Gasteiger partial charge in [-0.25, -0.2) is 0 Å². The highest BCUT2D eigenvalue weighted by Gasteiger charge is 3.25. The molecule has 18 heavy (non-hydrogen) atoms. The molecule has 0 heteroatoms. The highest BCUT2D eigenvalue weighted by atomic mass is 15.3. The highest BCUT2D eigenvalue weighted by Crippen LogP contribution is 3.29. The zero-order chi connectivity index (χ0) is 10.1. The first-order valence-corrected chi connectivity index (χ1v) is 8.21. The van der Waals surface area contributed by atoms with Gasteiger partial charge < -0.3 is 0 Å². The molecule has 10 unspecified atom stereocenters. The van der Waals surface area contributed by atoms with Crippen molar-refractivity contribution in [3.8, 4) is 0 Å². The molecule has 15 rings (SSSR count). The molecule has 15 aliphatic carbocycles. The minimum Gasteiger partial charge on any atom is -0.0579 e. The van der Waals surface area contributed by atoms with Crippen molar-refractivity contribution in [3.05, 3.63) is 33.4 Å². The number of hydrogen-bond acceptors (Lipinski definition) is 0. The van der Waals surface area contributed by atoms with E-state index in [9.17, 15) is 0 Å². The first-order chi connectivity index (χ1) is 8.97. The second-order valence-corrected chi connectivity index (χ2v) is 9.84. The number of rotatable bonds is 2. The SMILES string of the molecule is C12=C3C1C1C2C31C12C3=C4C3C1C42C12C3=C4C3C1C42. The van der Waals surface area contributed by atoms with Crippen LogP contribution in [0.2, 0.25) is 0 Å². The molecular formula is C18H8. The molecule has 0 saturated heterocycles. The van der Waals surface area contributed by atoms with Gasteiger partial charge in [-0.3, -0.25) is 0 Å².